The van der Waals surface area contributed by atoms with Gasteiger partial charge in [-0.2, -0.15) is 0 Å². The van der Waals surface area contributed by atoms with Gasteiger partial charge in [0, 0.05) is 35.4 Å². The monoisotopic (exact) mass is 228 g/mol. The van der Waals surface area contributed by atoms with Crippen LogP contribution in [0.4, 0.5) is 5.69 Å². The van der Waals surface area contributed by atoms with E-state index in [4.69, 9.17) is 0 Å². The first kappa shape index (κ1) is 11.9. The fraction of sp³-hybridized carbons (Fsp3) is 0.400. The summed E-state index contributed by atoms with van der Waals surface area (Å²) in [6.45, 7) is 3.30. The number of fused-ring (bicyclic) bond motifs is 1. The zero-order valence-corrected chi connectivity index (χ0v) is 10.4. The number of hydrogen-bond acceptors (Lipinski definition) is 2. The lowest BCUT2D eigenvalue weighted by molar-refractivity contribution is 0.685. The van der Waals surface area contributed by atoms with E-state index in [1.807, 2.05) is 12.4 Å². The third-order valence-electron chi connectivity index (χ3n) is 3.03. The Balaban J connectivity index is 1.98. The van der Waals surface area contributed by atoms with Crippen LogP contribution < -0.4 is 5.32 Å². The van der Waals surface area contributed by atoms with Crippen molar-refractivity contribution in [2.45, 2.75) is 32.6 Å². The van der Waals surface area contributed by atoms with Crippen molar-refractivity contribution in [2.24, 2.45) is 0 Å². The first-order valence-electron chi connectivity index (χ1n) is 6.48. The molecular formula is C15H20N2. The number of anilines is 1. The Morgan fingerprint density at radius 2 is 2.06 bits per heavy atom. The molecule has 2 rings (SSSR count). The molecule has 0 saturated carbocycles. The van der Waals surface area contributed by atoms with Gasteiger partial charge in [-0.1, -0.05) is 38.3 Å². The summed E-state index contributed by atoms with van der Waals surface area (Å²) in [7, 11) is 0. The van der Waals surface area contributed by atoms with Gasteiger partial charge in [-0.15, -0.1) is 0 Å². The maximum absolute atomic E-state index is 4.15. The maximum Gasteiger partial charge on any atom is 0.0420 e. The molecule has 0 amide bonds. The van der Waals surface area contributed by atoms with Crippen molar-refractivity contribution < 1.29 is 0 Å². The van der Waals surface area contributed by atoms with Crippen LogP contribution in [-0.4, -0.2) is 11.5 Å². The van der Waals surface area contributed by atoms with E-state index in [1.165, 1.54) is 42.1 Å². The molecule has 0 unspecified atom stereocenters. The number of aromatic nitrogens is 1. The van der Waals surface area contributed by atoms with Gasteiger partial charge in [0.05, 0.1) is 0 Å². The van der Waals surface area contributed by atoms with Gasteiger partial charge in [0.1, 0.15) is 0 Å². The number of nitrogens with zero attached hydrogens (tertiary/aromatic N) is 1. The van der Waals surface area contributed by atoms with Gasteiger partial charge in [-0.3, -0.25) is 4.98 Å². The quantitative estimate of drug-likeness (QED) is 0.748. The normalized spacial score (nSPS) is 10.6. The van der Waals surface area contributed by atoms with E-state index in [9.17, 15) is 0 Å². The van der Waals surface area contributed by atoms with Gasteiger partial charge < -0.3 is 5.32 Å². The van der Waals surface area contributed by atoms with Crippen LogP contribution in [0.3, 0.4) is 0 Å². The minimum atomic E-state index is 1.06. The predicted molar refractivity (Wildman–Crippen MR) is 74.4 cm³/mol. The Morgan fingerprint density at radius 3 is 2.94 bits per heavy atom. The van der Waals surface area contributed by atoms with E-state index >= 15 is 0 Å². The molecule has 2 aromatic rings. The Hall–Kier alpha value is -1.57. The molecule has 0 spiro atoms. The van der Waals surface area contributed by atoms with Crippen LogP contribution in [0.25, 0.3) is 10.8 Å². The van der Waals surface area contributed by atoms with Gasteiger partial charge in [-0.25, -0.2) is 0 Å². The van der Waals surface area contributed by atoms with Crippen molar-refractivity contribution in [1.82, 2.24) is 4.98 Å². The van der Waals surface area contributed by atoms with Gasteiger partial charge in [0.2, 0.25) is 0 Å². The van der Waals surface area contributed by atoms with Crippen LogP contribution in [0.2, 0.25) is 0 Å². The van der Waals surface area contributed by atoms with Crippen molar-refractivity contribution in [3.05, 3.63) is 36.7 Å². The van der Waals surface area contributed by atoms with E-state index in [0.717, 1.165) is 6.54 Å². The molecule has 0 aliphatic carbocycles. The van der Waals surface area contributed by atoms with Gasteiger partial charge in [-0.05, 0) is 18.6 Å². The number of unbranched alkanes of at least 4 members (excludes halogenated alkanes) is 3. The van der Waals surface area contributed by atoms with Crippen molar-refractivity contribution in [3.8, 4) is 0 Å². The summed E-state index contributed by atoms with van der Waals surface area (Å²) in [6, 6.07) is 8.40. The molecule has 0 aliphatic rings. The Kier molecular flexibility index (Phi) is 4.37. The molecule has 0 bridgehead atoms. The molecule has 1 heterocycles. The molecule has 1 aromatic carbocycles. The third-order valence-corrected chi connectivity index (χ3v) is 3.03. The SMILES string of the molecule is CCCCCCNc1cccc2cnccc12. The van der Waals surface area contributed by atoms with E-state index in [-0.39, 0.29) is 0 Å². The van der Waals surface area contributed by atoms with Gasteiger partial charge in [0.25, 0.3) is 0 Å². The molecule has 90 valence electrons. The van der Waals surface area contributed by atoms with Crippen molar-refractivity contribution >= 4 is 16.5 Å². The minimum Gasteiger partial charge on any atom is -0.385 e. The van der Waals surface area contributed by atoms with E-state index in [2.05, 4.69) is 41.5 Å². The number of hydrogen-bond donors (Lipinski definition) is 1. The molecule has 17 heavy (non-hydrogen) atoms. The highest BCUT2D eigenvalue weighted by atomic mass is 14.9. The average Bonchev–Trinajstić information content (AvgIpc) is 2.39. The van der Waals surface area contributed by atoms with Crippen LogP contribution in [-0.2, 0) is 0 Å². The molecule has 1 N–H and O–H groups in total. The largest absolute Gasteiger partial charge is 0.385 e. The van der Waals surface area contributed by atoms with Crippen molar-refractivity contribution in [1.29, 1.82) is 0 Å². The molecule has 0 radical (unpaired) electrons. The van der Waals surface area contributed by atoms with Gasteiger partial charge >= 0.3 is 0 Å². The zero-order chi connectivity index (χ0) is 11.9. The molecule has 0 atom stereocenters. The Bertz CT molecular complexity index is 460. The molecule has 2 heteroatoms. The number of benzene rings is 1. The van der Waals surface area contributed by atoms with Crippen LogP contribution in [0.1, 0.15) is 32.6 Å². The topological polar surface area (TPSA) is 24.9 Å². The summed E-state index contributed by atoms with van der Waals surface area (Å²) < 4.78 is 0. The first-order chi connectivity index (χ1) is 8.42. The second-order valence-electron chi connectivity index (χ2n) is 4.39. The Labute approximate surface area is 103 Å². The molecule has 1 aromatic heterocycles. The van der Waals surface area contributed by atoms with Gasteiger partial charge in [0.15, 0.2) is 0 Å². The third kappa shape index (κ3) is 3.19. The number of nitrogens with one attached hydrogen (secondary N) is 1. The molecule has 0 saturated heterocycles. The summed E-state index contributed by atoms with van der Waals surface area (Å²) in [5, 5.41) is 5.98. The van der Waals surface area contributed by atoms with Crippen molar-refractivity contribution in [3.63, 3.8) is 0 Å². The number of pyridine rings is 1. The van der Waals surface area contributed by atoms with E-state index in [0.29, 0.717) is 0 Å². The predicted octanol–water partition coefficient (Wildman–Crippen LogP) is 4.23. The molecule has 0 fully saturated rings. The summed E-state index contributed by atoms with van der Waals surface area (Å²) in [5.41, 5.74) is 1.22. The van der Waals surface area contributed by atoms with E-state index < -0.39 is 0 Å². The number of rotatable bonds is 6. The minimum absolute atomic E-state index is 1.06. The summed E-state index contributed by atoms with van der Waals surface area (Å²) in [4.78, 5) is 4.15. The Morgan fingerprint density at radius 1 is 1.12 bits per heavy atom. The average molecular weight is 228 g/mol. The summed E-state index contributed by atoms with van der Waals surface area (Å²) in [5.74, 6) is 0. The fourth-order valence-corrected chi connectivity index (χ4v) is 2.05. The van der Waals surface area contributed by atoms with Crippen LogP contribution in [0.5, 0.6) is 0 Å². The lowest BCUT2D eigenvalue weighted by Crippen LogP contribution is -2.01. The van der Waals surface area contributed by atoms with Crippen LogP contribution >= 0.6 is 0 Å². The highest BCUT2D eigenvalue weighted by molar-refractivity contribution is 5.93. The zero-order valence-electron chi connectivity index (χ0n) is 10.4. The lowest BCUT2D eigenvalue weighted by Gasteiger charge is -2.09. The fourth-order valence-electron chi connectivity index (χ4n) is 2.05. The molecule has 2 nitrogen and oxygen atoms in total. The van der Waals surface area contributed by atoms with Crippen molar-refractivity contribution in [2.75, 3.05) is 11.9 Å². The summed E-state index contributed by atoms with van der Waals surface area (Å²) >= 11 is 0. The highest BCUT2D eigenvalue weighted by Crippen LogP contribution is 2.22. The molecular weight excluding hydrogens is 208 g/mol. The maximum atomic E-state index is 4.15. The summed E-state index contributed by atoms with van der Waals surface area (Å²) in [6.07, 6.45) is 8.95. The van der Waals surface area contributed by atoms with E-state index in [1.54, 1.807) is 0 Å². The molecule has 0 aliphatic heterocycles. The lowest BCUT2D eigenvalue weighted by atomic mass is 10.1. The second-order valence-corrected chi connectivity index (χ2v) is 4.39. The smallest absolute Gasteiger partial charge is 0.0420 e. The van der Waals surface area contributed by atoms with Crippen LogP contribution in [0, 0.1) is 0 Å². The highest BCUT2D eigenvalue weighted by Gasteiger charge is 1.99. The second kappa shape index (κ2) is 6.24. The standard InChI is InChI=1S/C15H20N2/c1-2-3-4-5-10-17-15-8-6-7-13-12-16-11-9-14(13)15/h6-9,11-12,17H,2-5,10H2,1H3. The van der Waals surface area contributed by atoms with Crippen LogP contribution in [0.15, 0.2) is 36.7 Å². The first-order valence-corrected chi connectivity index (χ1v) is 6.48.